The second-order valence-electron chi connectivity index (χ2n) is 4.76. The van der Waals surface area contributed by atoms with Crippen molar-refractivity contribution < 1.29 is 19.4 Å². The third-order valence-corrected chi connectivity index (χ3v) is 3.43. The molecule has 0 aromatic heterocycles. The Labute approximate surface area is 131 Å². The van der Waals surface area contributed by atoms with Crippen LogP contribution in [0.1, 0.15) is 19.8 Å². The highest BCUT2D eigenvalue weighted by molar-refractivity contribution is 5.85. The molecule has 1 aliphatic rings. The van der Waals surface area contributed by atoms with Gasteiger partial charge in [0.25, 0.3) is 0 Å². The quantitative estimate of drug-likeness (QED) is 0.837. The van der Waals surface area contributed by atoms with Crippen LogP contribution >= 0.6 is 12.4 Å². The number of likely N-dealkylation sites (tertiary alicyclic amines) is 1. The molecule has 1 aliphatic heterocycles. The van der Waals surface area contributed by atoms with Crippen molar-refractivity contribution in [1.82, 2.24) is 4.90 Å². The van der Waals surface area contributed by atoms with Gasteiger partial charge >= 0.3 is 5.97 Å². The van der Waals surface area contributed by atoms with E-state index in [0.717, 1.165) is 25.1 Å². The topological polar surface area (TPSA) is 59.0 Å². The first-order valence-corrected chi connectivity index (χ1v) is 7.04. The number of carboxylic acids is 1. The molecule has 0 aliphatic carbocycles. The van der Waals surface area contributed by atoms with Gasteiger partial charge in [0.05, 0.1) is 6.61 Å². The number of rotatable bonds is 7. The largest absolute Gasteiger partial charge is 0.490 e. The van der Waals surface area contributed by atoms with E-state index in [1.807, 2.05) is 36.1 Å². The zero-order chi connectivity index (χ0) is 14.4. The summed E-state index contributed by atoms with van der Waals surface area (Å²) in [5, 5.41) is 9.11. The van der Waals surface area contributed by atoms with Gasteiger partial charge in [0.2, 0.25) is 0 Å². The Morgan fingerprint density at radius 1 is 1.33 bits per heavy atom. The van der Waals surface area contributed by atoms with Gasteiger partial charge in [0.15, 0.2) is 11.5 Å². The van der Waals surface area contributed by atoms with Gasteiger partial charge in [-0.1, -0.05) is 12.1 Å². The van der Waals surface area contributed by atoms with Gasteiger partial charge in [-0.2, -0.15) is 0 Å². The van der Waals surface area contributed by atoms with Crippen molar-refractivity contribution in [2.75, 3.05) is 26.3 Å². The Bertz CT molecular complexity index is 455. The maximum absolute atomic E-state index is 11.1. The third-order valence-electron chi connectivity index (χ3n) is 3.43. The fourth-order valence-corrected chi connectivity index (χ4v) is 2.49. The number of ether oxygens (including phenoxy) is 2. The average molecular weight is 316 g/mol. The molecule has 6 heteroatoms. The van der Waals surface area contributed by atoms with Gasteiger partial charge in [-0.25, -0.2) is 0 Å². The molecule has 1 aromatic carbocycles. The molecule has 5 nitrogen and oxygen atoms in total. The van der Waals surface area contributed by atoms with E-state index in [1.165, 1.54) is 0 Å². The fourth-order valence-electron chi connectivity index (χ4n) is 2.49. The lowest BCUT2D eigenvalue weighted by molar-refractivity contribution is -0.142. The highest BCUT2D eigenvalue weighted by atomic mass is 35.5. The van der Waals surface area contributed by atoms with Gasteiger partial charge in [-0.05, 0) is 38.4 Å². The molecule has 1 atom stereocenters. The Kier molecular flexibility index (Phi) is 7.32. The van der Waals surface area contributed by atoms with Crippen molar-refractivity contribution in [3.8, 4) is 11.5 Å². The standard InChI is InChI=1S/C15H21NO4.ClH/c1-2-19-13-7-3-4-8-14(13)20-11-10-16-9-5-6-12(16)15(17)18;/h3-4,7-8,12H,2,5-6,9-11H2,1H3,(H,17,18);1H/t12-;/m1./s1. The smallest absolute Gasteiger partial charge is 0.320 e. The van der Waals surface area contributed by atoms with Crippen molar-refractivity contribution in [2.45, 2.75) is 25.8 Å². The average Bonchev–Trinajstić information content (AvgIpc) is 2.90. The van der Waals surface area contributed by atoms with Crippen LogP contribution < -0.4 is 9.47 Å². The third kappa shape index (κ3) is 4.79. The Balaban J connectivity index is 0.00000220. The molecule has 0 bridgehead atoms. The molecule has 0 amide bonds. The number of carbonyl (C=O) groups is 1. The summed E-state index contributed by atoms with van der Waals surface area (Å²) < 4.78 is 11.2. The van der Waals surface area contributed by atoms with Crippen molar-refractivity contribution in [1.29, 1.82) is 0 Å². The van der Waals surface area contributed by atoms with Crippen LogP contribution in [-0.2, 0) is 4.79 Å². The molecular weight excluding hydrogens is 294 g/mol. The zero-order valence-corrected chi connectivity index (χ0v) is 13.0. The maximum Gasteiger partial charge on any atom is 0.320 e. The number of carboxylic acid groups (broad SMARTS) is 1. The summed E-state index contributed by atoms with van der Waals surface area (Å²) in [7, 11) is 0. The molecular formula is C15H22ClNO4. The first-order chi connectivity index (χ1) is 9.72. The molecule has 21 heavy (non-hydrogen) atoms. The second kappa shape index (κ2) is 8.74. The van der Waals surface area contributed by atoms with E-state index in [0.29, 0.717) is 25.5 Å². The van der Waals surface area contributed by atoms with Crippen molar-refractivity contribution in [3.05, 3.63) is 24.3 Å². The molecule has 0 radical (unpaired) electrons. The minimum absolute atomic E-state index is 0. The summed E-state index contributed by atoms with van der Waals surface area (Å²) in [6, 6.07) is 7.17. The molecule has 1 N–H and O–H groups in total. The first kappa shape index (κ1) is 17.6. The van der Waals surface area contributed by atoms with Gasteiger partial charge < -0.3 is 14.6 Å². The summed E-state index contributed by atoms with van der Waals surface area (Å²) in [5.74, 6) is 0.698. The molecule has 1 saturated heterocycles. The van der Waals surface area contributed by atoms with Gasteiger partial charge in [0, 0.05) is 6.54 Å². The van der Waals surface area contributed by atoms with Gasteiger partial charge in [-0.15, -0.1) is 12.4 Å². The SMILES string of the molecule is CCOc1ccccc1OCCN1CCC[C@@H]1C(=O)O.Cl. The predicted octanol–water partition coefficient (Wildman–Crippen LogP) is 2.43. The summed E-state index contributed by atoms with van der Waals surface area (Å²) >= 11 is 0. The Morgan fingerprint density at radius 2 is 2.00 bits per heavy atom. The maximum atomic E-state index is 11.1. The van der Waals surface area contributed by atoms with E-state index in [1.54, 1.807) is 0 Å². The van der Waals surface area contributed by atoms with E-state index in [-0.39, 0.29) is 18.4 Å². The Morgan fingerprint density at radius 3 is 2.62 bits per heavy atom. The molecule has 0 spiro atoms. The van der Waals surface area contributed by atoms with Gasteiger partial charge in [-0.3, -0.25) is 9.69 Å². The van der Waals surface area contributed by atoms with E-state index >= 15 is 0 Å². The van der Waals surface area contributed by atoms with E-state index < -0.39 is 5.97 Å². The van der Waals surface area contributed by atoms with Crippen LogP contribution in [0.25, 0.3) is 0 Å². The van der Waals surface area contributed by atoms with Crippen molar-refractivity contribution in [3.63, 3.8) is 0 Å². The van der Waals surface area contributed by atoms with E-state index in [4.69, 9.17) is 14.6 Å². The number of nitrogens with zero attached hydrogens (tertiary/aromatic N) is 1. The van der Waals surface area contributed by atoms with Crippen LogP contribution in [0.5, 0.6) is 11.5 Å². The predicted molar refractivity (Wildman–Crippen MR) is 82.6 cm³/mol. The number of para-hydroxylation sites is 2. The highest BCUT2D eigenvalue weighted by Crippen LogP contribution is 2.26. The minimum atomic E-state index is -0.739. The van der Waals surface area contributed by atoms with Crippen molar-refractivity contribution >= 4 is 18.4 Å². The minimum Gasteiger partial charge on any atom is -0.490 e. The monoisotopic (exact) mass is 315 g/mol. The number of hydrogen-bond acceptors (Lipinski definition) is 4. The van der Waals surface area contributed by atoms with Crippen LogP contribution in [0, 0.1) is 0 Å². The number of benzene rings is 1. The van der Waals surface area contributed by atoms with Crippen LogP contribution in [-0.4, -0.2) is 48.3 Å². The molecule has 118 valence electrons. The zero-order valence-electron chi connectivity index (χ0n) is 12.2. The molecule has 1 heterocycles. The lowest BCUT2D eigenvalue weighted by Crippen LogP contribution is -2.38. The van der Waals surface area contributed by atoms with Crippen LogP contribution in [0.15, 0.2) is 24.3 Å². The normalized spacial score (nSPS) is 18.0. The molecule has 0 saturated carbocycles. The summed E-state index contributed by atoms with van der Waals surface area (Å²) in [5.41, 5.74) is 0. The molecule has 1 fully saturated rings. The number of hydrogen-bond donors (Lipinski definition) is 1. The summed E-state index contributed by atoms with van der Waals surface area (Å²) in [4.78, 5) is 13.0. The lowest BCUT2D eigenvalue weighted by atomic mass is 10.2. The van der Waals surface area contributed by atoms with Crippen LogP contribution in [0.4, 0.5) is 0 Å². The van der Waals surface area contributed by atoms with Crippen molar-refractivity contribution in [2.24, 2.45) is 0 Å². The summed E-state index contributed by atoms with van der Waals surface area (Å²) in [6.07, 6.45) is 1.66. The molecule has 1 aromatic rings. The second-order valence-corrected chi connectivity index (χ2v) is 4.76. The Hall–Kier alpha value is -1.46. The first-order valence-electron chi connectivity index (χ1n) is 7.04. The lowest BCUT2D eigenvalue weighted by Gasteiger charge is -2.21. The van der Waals surface area contributed by atoms with E-state index in [2.05, 4.69) is 0 Å². The van der Waals surface area contributed by atoms with Crippen LogP contribution in [0.2, 0.25) is 0 Å². The molecule has 2 rings (SSSR count). The number of aliphatic carboxylic acids is 1. The van der Waals surface area contributed by atoms with E-state index in [9.17, 15) is 4.79 Å². The fraction of sp³-hybridized carbons (Fsp3) is 0.533. The number of halogens is 1. The summed E-state index contributed by atoms with van der Waals surface area (Å²) in [6.45, 7) is 4.44. The highest BCUT2D eigenvalue weighted by Gasteiger charge is 2.29. The molecule has 0 unspecified atom stereocenters. The van der Waals surface area contributed by atoms with Gasteiger partial charge in [0.1, 0.15) is 12.6 Å². The van der Waals surface area contributed by atoms with Crippen LogP contribution in [0.3, 0.4) is 0 Å².